The Kier molecular flexibility index (Phi) is 7.57. The number of benzene rings is 2. The van der Waals surface area contributed by atoms with Crippen LogP contribution in [-0.2, 0) is 16.2 Å². The number of amides is 2. The second kappa shape index (κ2) is 9.89. The molecule has 9 heteroatoms. The molecule has 0 unspecified atom stereocenters. The first-order valence-electron chi connectivity index (χ1n) is 7.88. The zero-order valence-corrected chi connectivity index (χ0v) is 15.8. The molecule has 0 spiro atoms. The summed E-state index contributed by atoms with van der Waals surface area (Å²) in [5, 5.41) is 6.39. The van der Waals surface area contributed by atoms with Crippen molar-refractivity contribution in [2.45, 2.75) is 13.5 Å². The molecule has 2 aromatic carbocycles. The maximum atomic E-state index is 13.6. The van der Waals surface area contributed by atoms with Gasteiger partial charge in [0, 0.05) is 12.1 Å². The van der Waals surface area contributed by atoms with E-state index in [2.05, 4.69) is 15.8 Å². The Bertz CT molecular complexity index is 852. The summed E-state index contributed by atoms with van der Waals surface area (Å²) < 4.78 is 19.2. The van der Waals surface area contributed by atoms with E-state index in [9.17, 15) is 14.0 Å². The average molecular weight is 412 g/mol. The molecule has 0 heterocycles. The average Bonchev–Trinajstić information content (AvgIpc) is 2.62. The Morgan fingerprint density at radius 1 is 1.19 bits per heavy atom. The lowest BCUT2D eigenvalue weighted by molar-refractivity contribution is -0.139. The third-order valence-corrected chi connectivity index (χ3v) is 3.84. The fourth-order valence-corrected chi connectivity index (χ4v) is 2.63. The Morgan fingerprint density at radius 3 is 2.48 bits per heavy atom. The zero-order valence-electron chi connectivity index (χ0n) is 14.3. The number of carbonyl (C=O) groups is 2. The highest BCUT2D eigenvalue weighted by molar-refractivity contribution is 6.37. The quantitative estimate of drug-likeness (QED) is 0.434. The molecule has 0 atom stereocenters. The molecule has 0 radical (unpaired) electrons. The second-order valence-corrected chi connectivity index (χ2v) is 6.07. The first kappa shape index (κ1) is 20.7. The van der Waals surface area contributed by atoms with Gasteiger partial charge < -0.3 is 10.1 Å². The molecular formula is C18H16Cl2FN3O3. The van der Waals surface area contributed by atoms with Gasteiger partial charge in [0.1, 0.15) is 12.4 Å². The van der Waals surface area contributed by atoms with Crippen molar-refractivity contribution in [3.05, 3.63) is 63.4 Å². The predicted octanol–water partition coefficient (Wildman–Crippen LogP) is 3.30. The van der Waals surface area contributed by atoms with Crippen LogP contribution in [0, 0.1) is 5.82 Å². The van der Waals surface area contributed by atoms with Crippen LogP contribution in [0.1, 0.15) is 18.1 Å². The van der Waals surface area contributed by atoms with Crippen LogP contribution in [0.25, 0.3) is 0 Å². The lowest BCUT2D eigenvalue weighted by atomic mass is 10.2. The Morgan fingerprint density at radius 2 is 1.85 bits per heavy atom. The molecule has 142 valence electrons. The van der Waals surface area contributed by atoms with Gasteiger partial charge in [-0.05, 0) is 30.7 Å². The number of nitrogens with one attached hydrogen (secondary N) is 2. The summed E-state index contributed by atoms with van der Waals surface area (Å²) in [6.07, 6.45) is 1.27. The van der Waals surface area contributed by atoms with Crippen LogP contribution in [0.15, 0.2) is 41.5 Å². The number of hydrazone groups is 1. The zero-order chi connectivity index (χ0) is 19.8. The standard InChI is InChI=1S/C18H16Cl2FN3O3/c1-2-22-17(25)18(26)24-23-9-11-7-13(19)16(14(20)8-11)27-10-12-5-3-4-6-15(12)21/h3-9H,2,10H2,1H3,(H,22,25)(H,24,26)/b23-9-. The van der Waals surface area contributed by atoms with E-state index in [1.807, 2.05) is 0 Å². The van der Waals surface area contributed by atoms with Gasteiger partial charge in [-0.3, -0.25) is 9.59 Å². The Balaban J connectivity index is 2.03. The normalized spacial score (nSPS) is 10.7. The summed E-state index contributed by atoms with van der Waals surface area (Å²) in [5.74, 6) is -1.88. The number of carbonyl (C=O) groups excluding carboxylic acids is 2. The Labute approximate surface area is 165 Å². The van der Waals surface area contributed by atoms with Crippen LogP contribution < -0.4 is 15.5 Å². The molecule has 0 aromatic heterocycles. The molecule has 2 rings (SSSR count). The van der Waals surface area contributed by atoms with Crippen LogP contribution in [0.3, 0.4) is 0 Å². The maximum absolute atomic E-state index is 13.6. The molecule has 0 aliphatic carbocycles. The van der Waals surface area contributed by atoms with Gasteiger partial charge >= 0.3 is 11.8 Å². The first-order chi connectivity index (χ1) is 12.9. The molecule has 0 saturated carbocycles. The molecule has 0 aliphatic heterocycles. The first-order valence-corrected chi connectivity index (χ1v) is 8.64. The van der Waals surface area contributed by atoms with Crippen molar-refractivity contribution in [2.75, 3.05) is 6.54 Å². The number of hydrogen-bond acceptors (Lipinski definition) is 4. The molecule has 2 aromatic rings. The summed E-state index contributed by atoms with van der Waals surface area (Å²) in [6, 6.07) is 9.21. The molecule has 0 aliphatic rings. The van der Waals surface area contributed by atoms with Crippen molar-refractivity contribution >= 4 is 41.2 Å². The minimum atomic E-state index is -0.893. The number of halogens is 3. The van der Waals surface area contributed by atoms with Crippen molar-refractivity contribution in [1.29, 1.82) is 0 Å². The molecule has 2 N–H and O–H groups in total. The predicted molar refractivity (Wildman–Crippen MR) is 102 cm³/mol. The minimum Gasteiger partial charge on any atom is -0.486 e. The van der Waals surface area contributed by atoms with Crippen LogP contribution in [0.5, 0.6) is 5.75 Å². The maximum Gasteiger partial charge on any atom is 0.329 e. The fraction of sp³-hybridized carbons (Fsp3) is 0.167. The Hall–Kier alpha value is -2.64. The summed E-state index contributed by atoms with van der Waals surface area (Å²) in [4.78, 5) is 22.7. The van der Waals surface area contributed by atoms with E-state index in [1.54, 1.807) is 25.1 Å². The lowest BCUT2D eigenvalue weighted by Crippen LogP contribution is -2.37. The highest BCUT2D eigenvalue weighted by atomic mass is 35.5. The van der Waals surface area contributed by atoms with Crippen LogP contribution in [0.4, 0.5) is 4.39 Å². The largest absolute Gasteiger partial charge is 0.486 e. The van der Waals surface area contributed by atoms with Crippen molar-refractivity contribution in [1.82, 2.24) is 10.7 Å². The van der Waals surface area contributed by atoms with Gasteiger partial charge in [-0.15, -0.1) is 0 Å². The topological polar surface area (TPSA) is 79.8 Å². The van der Waals surface area contributed by atoms with Gasteiger partial charge in [0.15, 0.2) is 5.75 Å². The lowest BCUT2D eigenvalue weighted by Gasteiger charge is -2.11. The fourth-order valence-electron chi connectivity index (χ4n) is 2.01. The molecule has 27 heavy (non-hydrogen) atoms. The number of hydrogen-bond donors (Lipinski definition) is 2. The van der Waals surface area contributed by atoms with Crippen LogP contribution in [0.2, 0.25) is 10.0 Å². The molecule has 0 bridgehead atoms. The summed E-state index contributed by atoms with van der Waals surface area (Å²) in [7, 11) is 0. The third kappa shape index (κ3) is 5.94. The number of ether oxygens (including phenoxy) is 1. The van der Waals surface area contributed by atoms with Gasteiger partial charge in [0.2, 0.25) is 0 Å². The molecular weight excluding hydrogens is 396 g/mol. The number of likely N-dealkylation sites (N-methyl/N-ethyl adjacent to an activating group) is 1. The number of rotatable bonds is 6. The molecule has 0 saturated heterocycles. The van der Waals surface area contributed by atoms with Crippen molar-refractivity contribution < 1.29 is 18.7 Å². The van der Waals surface area contributed by atoms with E-state index in [1.165, 1.54) is 24.4 Å². The van der Waals surface area contributed by atoms with Gasteiger partial charge in [0.25, 0.3) is 0 Å². The second-order valence-electron chi connectivity index (χ2n) is 5.25. The molecule has 2 amide bonds. The van der Waals surface area contributed by atoms with E-state index < -0.39 is 17.6 Å². The minimum absolute atomic E-state index is 0.0395. The van der Waals surface area contributed by atoms with Crippen molar-refractivity contribution in [2.24, 2.45) is 5.10 Å². The smallest absolute Gasteiger partial charge is 0.329 e. The molecule has 6 nitrogen and oxygen atoms in total. The van der Waals surface area contributed by atoms with E-state index in [4.69, 9.17) is 27.9 Å². The van der Waals surface area contributed by atoms with E-state index in [0.717, 1.165) is 0 Å². The van der Waals surface area contributed by atoms with Gasteiger partial charge in [-0.25, -0.2) is 9.82 Å². The summed E-state index contributed by atoms with van der Waals surface area (Å²) >= 11 is 12.3. The van der Waals surface area contributed by atoms with E-state index in [-0.39, 0.29) is 22.4 Å². The molecule has 0 fully saturated rings. The van der Waals surface area contributed by atoms with Crippen LogP contribution >= 0.6 is 23.2 Å². The number of nitrogens with zero attached hydrogens (tertiary/aromatic N) is 1. The van der Waals surface area contributed by atoms with Crippen molar-refractivity contribution in [3.63, 3.8) is 0 Å². The van der Waals surface area contributed by atoms with Crippen LogP contribution in [-0.4, -0.2) is 24.6 Å². The highest BCUT2D eigenvalue weighted by Crippen LogP contribution is 2.34. The highest BCUT2D eigenvalue weighted by Gasteiger charge is 2.12. The van der Waals surface area contributed by atoms with Crippen molar-refractivity contribution in [3.8, 4) is 5.75 Å². The monoisotopic (exact) mass is 411 g/mol. The third-order valence-electron chi connectivity index (χ3n) is 3.27. The van der Waals surface area contributed by atoms with E-state index >= 15 is 0 Å². The van der Waals surface area contributed by atoms with Gasteiger partial charge in [-0.2, -0.15) is 5.10 Å². The van der Waals surface area contributed by atoms with Gasteiger partial charge in [-0.1, -0.05) is 41.4 Å². The van der Waals surface area contributed by atoms with Gasteiger partial charge in [0.05, 0.1) is 16.3 Å². The van der Waals surface area contributed by atoms with E-state index in [0.29, 0.717) is 17.7 Å². The summed E-state index contributed by atoms with van der Waals surface area (Å²) in [6.45, 7) is 1.98. The summed E-state index contributed by atoms with van der Waals surface area (Å²) in [5.41, 5.74) is 2.92. The SMILES string of the molecule is CCNC(=O)C(=O)N/N=C\c1cc(Cl)c(OCc2ccccc2F)c(Cl)c1.